The van der Waals surface area contributed by atoms with Gasteiger partial charge in [-0.25, -0.2) is 0 Å². The first-order chi connectivity index (χ1) is 9.90. The van der Waals surface area contributed by atoms with Crippen molar-refractivity contribution >= 4 is 5.91 Å². The molecule has 0 spiro atoms. The van der Waals surface area contributed by atoms with E-state index in [0.717, 1.165) is 32.4 Å². The second-order valence-electron chi connectivity index (χ2n) is 7.11. The van der Waals surface area contributed by atoms with Gasteiger partial charge >= 0.3 is 0 Å². The van der Waals surface area contributed by atoms with Crippen LogP contribution in [0.25, 0.3) is 0 Å². The van der Waals surface area contributed by atoms with Gasteiger partial charge in [0, 0.05) is 37.6 Å². The van der Waals surface area contributed by atoms with Gasteiger partial charge in [-0.2, -0.15) is 0 Å². The lowest BCUT2D eigenvalue weighted by Gasteiger charge is -2.30. The summed E-state index contributed by atoms with van der Waals surface area (Å²) in [7, 11) is 0. The summed E-state index contributed by atoms with van der Waals surface area (Å²) in [5.41, 5.74) is 6.00. The zero-order valence-corrected chi connectivity index (χ0v) is 14.4. The standard InChI is InChI=1S/C17H35N3O/c1-13(2)20(14(3)4)11-10-19-17(21)9-8-15-6-5-7-16(18)12-15/h13-16H,5-12,18H2,1-4H3,(H,19,21). The molecular formula is C17H35N3O. The Balaban J connectivity index is 2.16. The molecule has 4 nitrogen and oxygen atoms in total. The zero-order valence-electron chi connectivity index (χ0n) is 14.4. The topological polar surface area (TPSA) is 58.4 Å². The summed E-state index contributed by atoms with van der Waals surface area (Å²) in [6.07, 6.45) is 6.38. The van der Waals surface area contributed by atoms with E-state index in [-0.39, 0.29) is 5.91 Å². The van der Waals surface area contributed by atoms with Gasteiger partial charge in [0.15, 0.2) is 0 Å². The Hall–Kier alpha value is -0.610. The molecule has 4 heteroatoms. The Morgan fingerprint density at radius 3 is 2.48 bits per heavy atom. The van der Waals surface area contributed by atoms with Gasteiger partial charge < -0.3 is 11.1 Å². The van der Waals surface area contributed by atoms with Crippen LogP contribution in [0.15, 0.2) is 0 Å². The van der Waals surface area contributed by atoms with Crippen molar-refractivity contribution in [2.75, 3.05) is 13.1 Å². The van der Waals surface area contributed by atoms with Crippen molar-refractivity contribution in [3.63, 3.8) is 0 Å². The van der Waals surface area contributed by atoms with Crippen LogP contribution in [-0.2, 0) is 4.79 Å². The van der Waals surface area contributed by atoms with Crippen LogP contribution >= 0.6 is 0 Å². The molecule has 0 bridgehead atoms. The maximum absolute atomic E-state index is 11.9. The molecule has 1 rings (SSSR count). The van der Waals surface area contributed by atoms with Crippen molar-refractivity contribution < 1.29 is 4.79 Å². The zero-order chi connectivity index (χ0) is 15.8. The Morgan fingerprint density at radius 1 is 1.24 bits per heavy atom. The fourth-order valence-corrected chi connectivity index (χ4v) is 3.46. The predicted molar refractivity (Wildman–Crippen MR) is 89.2 cm³/mol. The second-order valence-corrected chi connectivity index (χ2v) is 7.11. The molecule has 0 radical (unpaired) electrons. The number of rotatable bonds is 8. The number of nitrogens with zero attached hydrogens (tertiary/aromatic N) is 1. The minimum atomic E-state index is 0.196. The molecule has 0 heterocycles. The number of nitrogens with one attached hydrogen (secondary N) is 1. The van der Waals surface area contributed by atoms with E-state index < -0.39 is 0 Å². The third-order valence-electron chi connectivity index (χ3n) is 4.62. The normalized spacial score (nSPS) is 23.0. The molecule has 1 fully saturated rings. The summed E-state index contributed by atoms with van der Waals surface area (Å²) in [6.45, 7) is 10.5. The first kappa shape index (κ1) is 18.4. The SMILES string of the molecule is CC(C)N(CCNC(=O)CCC1CCCC(N)C1)C(C)C. The highest BCUT2D eigenvalue weighted by Gasteiger charge is 2.20. The van der Waals surface area contributed by atoms with E-state index in [1.165, 1.54) is 12.8 Å². The first-order valence-corrected chi connectivity index (χ1v) is 8.68. The van der Waals surface area contributed by atoms with Crippen molar-refractivity contribution in [1.29, 1.82) is 0 Å². The van der Waals surface area contributed by atoms with Crippen LogP contribution in [0.1, 0.15) is 66.2 Å². The molecule has 21 heavy (non-hydrogen) atoms. The average molecular weight is 297 g/mol. The molecule has 1 saturated carbocycles. The smallest absolute Gasteiger partial charge is 0.220 e. The lowest BCUT2D eigenvalue weighted by molar-refractivity contribution is -0.121. The Bertz CT molecular complexity index is 296. The minimum Gasteiger partial charge on any atom is -0.355 e. The number of amides is 1. The van der Waals surface area contributed by atoms with Gasteiger partial charge in [-0.15, -0.1) is 0 Å². The quantitative estimate of drug-likeness (QED) is 0.724. The van der Waals surface area contributed by atoms with E-state index >= 15 is 0 Å². The molecule has 124 valence electrons. The van der Waals surface area contributed by atoms with E-state index in [1.54, 1.807) is 0 Å². The van der Waals surface area contributed by atoms with Gasteiger partial charge in [-0.05, 0) is 52.9 Å². The van der Waals surface area contributed by atoms with Gasteiger partial charge in [0.25, 0.3) is 0 Å². The Morgan fingerprint density at radius 2 is 1.90 bits per heavy atom. The van der Waals surface area contributed by atoms with Crippen molar-refractivity contribution in [3.8, 4) is 0 Å². The number of hydrogen-bond donors (Lipinski definition) is 2. The van der Waals surface area contributed by atoms with Crippen molar-refractivity contribution in [1.82, 2.24) is 10.2 Å². The number of hydrogen-bond acceptors (Lipinski definition) is 3. The summed E-state index contributed by atoms with van der Waals surface area (Å²) >= 11 is 0. The molecule has 3 N–H and O–H groups in total. The molecule has 2 unspecified atom stereocenters. The highest BCUT2D eigenvalue weighted by Crippen LogP contribution is 2.26. The maximum Gasteiger partial charge on any atom is 0.220 e. The van der Waals surface area contributed by atoms with E-state index in [9.17, 15) is 4.79 Å². The molecule has 0 aliphatic heterocycles. The number of nitrogens with two attached hydrogens (primary N) is 1. The Kier molecular flexibility index (Phi) is 8.27. The van der Waals surface area contributed by atoms with Crippen molar-refractivity contribution in [3.05, 3.63) is 0 Å². The molecule has 0 aromatic heterocycles. The molecule has 0 saturated heterocycles. The molecule has 0 aromatic carbocycles. The first-order valence-electron chi connectivity index (χ1n) is 8.68. The molecular weight excluding hydrogens is 262 g/mol. The number of carbonyl (C=O) groups excluding carboxylic acids is 1. The van der Waals surface area contributed by atoms with Gasteiger partial charge in [0.05, 0.1) is 0 Å². The highest BCUT2D eigenvalue weighted by molar-refractivity contribution is 5.75. The third kappa shape index (κ3) is 7.28. The van der Waals surface area contributed by atoms with Crippen LogP contribution < -0.4 is 11.1 Å². The summed E-state index contributed by atoms with van der Waals surface area (Å²) in [5, 5.41) is 3.06. The van der Waals surface area contributed by atoms with Crippen LogP contribution in [0, 0.1) is 5.92 Å². The monoisotopic (exact) mass is 297 g/mol. The Labute approximate surface area is 130 Å². The summed E-state index contributed by atoms with van der Waals surface area (Å²) < 4.78 is 0. The van der Waals surface area contributed by atoms with Gasteiger partial charge in [-0.1, -0.05) is 12.8 Å². The molecule has 1 amide bonds. The summed E-state index contributed by atoms with van der Waals surface area (Å²) in [6, 6.07) is 1.40. The number of carbonyl (C=O) groups is 1. The predicted octanol–water partition coefficient (Wildman–Crippen LogP) is 2.52. The maximum atomic E-state index is 11.9. The lowest BCUT2D eigenvalue weighted by atomic mass is 9.83. The largest absolute Gasteiger partial charge is 0.355 e. The summed E-state index contributed by atoms with van der Waals surface area (Å²) in [4.78, 5) is 14.3. The summed E-state index contributed by atoms with van der Waals surface area (Å²) in [5.74, 6) is 0.851. The van der Waals surface area contributed by atoms with E-state index in [2.05, 4.69) is 37.9 Å². The van der Waals surface area contributed by atoms with E-state index in [1.807, 2.05) is 0 Å². The molecule has 1 aliphatic carbocycles. The average Bonchev–Trinajstić information content (AvgIpc) is 2.40. The van der Waals surface area contributed by atoms with E-state index in [4.69, 9.17) is 5.73 Å². The van der Waals surface area contributed by atoms with Crippen molar-refractivity contribution in [2.45, 2.75) is 84.3 Å². The highest BCUT2D eigenvalue weighted by atomic mass is 16.1. The van der Waals surface area contributed by atoms with Gasteiger partial charge in [0.2, 0.25) is 5.91 Å². The fourth-order valence-electron chi connectivity index (χ4n) is 3.46. The van der Waals surface area contributed by atoms with Crippen LogP contribution in [0.5, 0.6) is 0 Å². The van der Waals surface area contributed by atoms with Crippen LogP contribution in [0.3, 0.4) is 0 Å². The van der Waals surface area contributed by atoms with Gasteiger partial charge in [-0.3, -0.25) is 9.69 Å². The third-order valence-corrected chi connectivity index (χ3v) is 4.62. The minimum absolute atomic E-state index is 0.196. The van der Waals surface area contributed by atoms with Crippen LogP contribution in [0.2, 0.25) is 0 Å². The van der Waals surface area contributed by atoms with Crippen molar-refractivity contribution in [2.24, 2.45) is 11.7 Å². The molecule has 1 aliphatic rings. The molecule has 0 aromatic rings. The van der Waals surface area contributed by atoms with E-state index in [0.29, 0.717) is 30.5 Å². The lowest BCUT2D eigenvalue weighted by Crippen LogP contribution is -2.42. The van der Waals surface area contributed by atoms with Crippen LogP contribution in [0.4, 0.5) is 0 Å². The molecule has 2 atom stereocenters. The second kappa shape index (κ2) is 9.42. The van der Waals surface area contributed by atoms with Gasteiger partial charge in [0.1, 0.15) is 0 Å². The van der Waals surface area contributed by atoms with Crippen LogP contribution in [-0.4, -0.2) is 42.0 Å². The fraction of sp³-hybridized carbons (Fsp3) is 0.941.